The number of hydrogen-bond acceptors (Lipinski definition) is 3. The van der Waals surface area contributed by atoms with Crippen LogP contribution in [0.3, 0.4) is 0 Å². The van der Waals surface area contributed by atoms with Crippen molar-refractivity contribution >= 4 is 11.6 Å². The number of amides is 1. The van der Waals surface area contributed by atoms with E-state index in [1.807, 2.05) is 29.3 Å². The third kappa shape index (κ3) is 3.01. The van der Waals surface area contributed by atoms with Gasteiger partial charge in [0.2, 0.25) is 5.91 Å². The second-order valence-electron chi connectivity index (χ2n) is 6.22. The number of aromatic amines is 1. The molecule has 3 N–H and O–H groups in total. The summed E-state index contributed by atoms with van der Waals surface area (Å²) < 4.78 is 0. The van der Waals surface area contributed by atoms with E-state index >= 15 is 0 Å². The quantitative estimate of drug-likeness (QED) is 0.911. The van der Waals surface area contributed by atoms with E-state index in [1.54, 1.807) is 6.92 Å². The molecule has 3 rings (SSSR count). The van der Waals surface area contributed by atoms with Gasteiger partial charge in [-0.25, -0.2) is 4.98 Å². The van der Waals surface area contributed by atoms with Gasteiger partial charge in [-0.2, -0.15) is 0 Å². The Hall–Kier alpha value is -2.14. The molecule has 1 amide bonds. The van der Waals surface area contributed by atoms with Crippen LogP contribution >= 0.6 is 0 Å². The Balaban J connectivity index is 1.99. The van der Waals surface area contributed by atoms with E-state index in [0.717, 1.165) is 42.9 Å². The van der Waals surface area contributed by atoms with Crippen LogP contribution in [0.5, 0.6) is 0 Å². The van der Waals surface area contributed by atoms with Gasteiger partial charge in [-0.3, -0.25) is 4.79 Å². The number of hydrogen-bond donors (Lipinski definition) is 2. The van der Waals surface area contributed by atoms with E-state index in [1.165, 1.54) is 5.56 Å². The molecule has 5 heteroatoms. The van der Waals surface area contributed by atoms with Crippen LogP contribution in [0.25, 0.3) is 0 Å². The third-order valence-corrected chi connectivity index (χ3v) is 4.36. The summed E-state index contributed by atoms with van der Waals surface area (Å²) in [7, 11) is 0. The lowest BCUT2D eigenvalue weighted by atomic mass is 9.94. The standard InChI is InChI=1S/C18H24N4O/c1-3-6-14-11-20-17(21-14)16-10-9-13-7-4-5-8-15(13)22(16)18(23)12(2)19/h4-5,7-8,11-12,16H,3,6,9-10,19H2,1-2H3,(H,20,21)/t12-,16-/m0/s1. The molecule has 1 aliphatic heterocycles. The topological polar surface area (TPSA) is 75.0 Å². The number of aryl methyl sites for hydroxylation is 2. The lowest BCUT2D eigenvalue weighted by Gasteiger charge is -2.37. The van der Waals surface area contributed by atoms with Gasteiger partial charge in [0.1, 0.15) is 5.82 Å². The molecule has 0 fully saturated rings. The third-order valence-electron chi connectivity index (χ3n) is 4.36. The smallest absolute Gasteiger partial charge is 0.244 e. The lowest BCUT2D eigenvalue weighted by Crippen LogP contribution is -2.46. The fraction of sp³-hybridized carbons (Fsp3) is 0.444. The van der Waals surface area contributed by atoms with Gasteiger partial charge in [-0.05, 0) is 37.8 Å². The first-order chi connectivity index (χ1) is 11.1. The van der Waals surface area contributed by atoms with Crippen molar-refractivity contribution in [3.05, 3.63) is 47.5 Å². The number of benzene rings is 1. The fourth-order valence-corrected chi connectivity index (χ4v) is 3.24. The van der Waals surface area contributed by atoms with Gasteiger partial charge < -0.3 is 15.6 Å². The van der Waals surface area contributed by atoms with Gasteiger partial charge in [0.05, 0.1) is 12.1 Å². The Morgan fingerprint density at radius 1 is 1.48 bits per heavy atom. The monoisotopic (exact) mass is 312 g/mol. The lowest BCUT2D eigenvalue weighted by molar-refractivity contribution is -0.120. The molecule has 2 aromatic rings. The Morgan fingerprint density at radius 2 is 2.26 bits per heavy atom. The Labute approximate surface area is 136 Å². The minimum absolute atomic E-state index is 0.0596. The summed E-state index contributed by atoms with van der Waals surface area (Å²) in [4.78, 5) is 22.5. The van der Waals surface area contributed by atoms with Crippen molar-refractivity contribution in [2.75, 3.05) is 4.90 Å². The number of rotatable bonds is 4. The zero-order valence-corrected chi connectivity index (χ0v) is 13.7. The number of nitrogens with two attached hydrogens (primary N) is 1. The molecular weight excluding hydrogens is 288 g/mol. The first kappa shape index (κ1) is 15.7. The molecular formula is C18H24N4O. The molecule has 2 atom stereocenters. The molecule has 5 nitrogen and oxygen atoms in total. The number of carbonyl (C=O) groups excluding carboxylic acids is 1. The summed E-state index contributed by atoms with van der Waals surface area (Å²) in [6.07, 6.45) is 5.71. The minimum Gasteiger partial charge on any atom is -0.344 e. The maximum absolute atomic E-state index is 12.7. The van der Waals surface area contributed by atoms with Gasteiger partial charge in [-0.1, -0.05) is 31.5 Å². The van der Waals surface area contributed by atoms with Crippen molar-refractivity contribution in [2.24, 2.45) is 5.73 Å². The second kappa shape index (κ2) is 6.54. The molecule has 0 radical (unpaired) electrons. The zero-order valence-electron chi connectivity index (χ0n) is 13.7. The highest BCUT2D eigenvalue weighted by atomic mass is 16.2. The predicted octanol–water partition coefficient (Wildman–Crippen LogP) is 2.73. The highest BCUT2D eigenvalue weighted by Crippen LogP contribution is 2.37. The van der Waals surface area contributed by atoms with E-state index in [9.17, 15) is 4.79 Å². The maximum atomic E-state index is 12.7. The molecule has 0 spiro atoms. The summed E-state index contributed by atoms with van der Waals surface area (Å²) in [6, 6.07) is 7.45. The van der Waals surface area contributed by atoms with Crippen molar-refractivity contribution in [3.63, 3.8) is 0 Å². The molecule has 1 aliphatic rings. The van der Waals surface area contributed by atoms with Gasteiger partial charge in [0.25, 0.3) is 0 Å². The number of imidazole rings is 1. The van der Waals surface area contributed by atoms with Gasteiger partial charge in [0, 0.05) is 17.6 Å². The number of carbonyl (C=O) groups is 1. The average molecular weight is 312 g/mol. The van der Waals surface area contributed by atoms with Crippen molar-refractivity contribution in [2.45, 2.75) is 51.6 Å². The van der Waals surface area contributed by atoms with Crippen LogP contribution < -0.4 is 10.6 Å². The maximum Gasteiger partial charge on any atom is 0.244 e. The molecule has 0 aliphatic carbocycles. The molecule has 0 unspecified atom stereocenters. The molecule has 1 aromatic carbocycles. The van der Waals surface area contributed by atoms with Crippen LogP contribution in [0.15, 0.2) is 30.5 Å². The normalized spacial score (nSPS) is 18.6. The number of aromatic nitrogens is 2. The highest BCUT2D eigenvalue weighted by Gasteiger charge is 2.34. The van der Waals surface area contributed by atoms with Crippen LogP contribution in [0.1, 0.15) is 49.8 Å². The van der Waals surface area contributed by atoms with E-state index in [4.69, 9.17) is 5.73 Å². The molecule has 23 heavy (non-hydrogen) atoms. The van der Waals surface area contributed by atoms with Crippen LogP contribution in [-0.4, -0.2) is 21.9 Å². The molecule has 0 saturated carbocycles. The average Bonchev–Trinajstić information content (AvgIpc) is 3.02. The summed E-state index contributed by atoms with van der Waals surface area (Å²) in [5.74, 6) is 0.799. The van der Waals surface area contributed by atoms with E-state index < -0.39 is 6.04 Å². The number of H-pyrrole nitrogens is 1. The largest absolute Gasteiger partial charge is 0.344 e. The molecule has 0 saturated heterocycles. The number of anilines is 1. The fourth-order valence-electron chi connectivity index (χ4n) is 3.24. The van der Waals surface area contributed by atoms with Crippen molar-refractivity contribution in [1.29, 1.82) is 0 Å². The molecule has 1 aromatic heterocycles. The Morgan fingerprint density at radius 3 is 3.00 bits per heavy atom. The predicted molar refractivity (Wildman–Crippen MR) is 91.2 cm³/mol. The van der Waals surface area contributed by atoms with E-state index in [-0.39, 0.29) is 11.9 Å². The summed E-state index contributed by atoms with van der Waals surface area (Å²) in [5, 5.41) is 0. The number of nitrogens with one attached hydrogen (secondary N) is 1. The number of fused-ring (bicyclic) bond motifs is 1. The first-order valence-corrected chi connectivity index (χ1v) is 8.32. The van der Waals surface area contributed by atoms with Crippen LogP contribution in [-0.2, 0) is 17.6 Å². The van der Waals surface area contributed by atoms with Gasteiger partial charge in [0.15, 0.2) is 0 Å². The highest BCUT2D eigenvalue weighted by molar-refractivity contribution is 5.98. The Kier molecular flexibility index (Phi) is 4.48. The van der Waals surface area contributed by atoms with Gasteiger partial charge in [-0.15, -0.1) is 0 Å². The summed E-state index contributed by atoms with van der Waals surface area (Å²) in [5.41, 5.74) is 9.17. The van der Waals surface area contributed by atoms with Crippen molar-refractivity contribution in [3.8, 4) is 0 Å². The molecule has 2 heterocycles. The van der Waals surface area contributed by atoms with Crippen LogP contribution in [0.4, 0.5) is 5.69 Å². The Bertz CT molecular complexity index is 692. The van der Waals surface area contributed by atoms with E-state index in [0.29, 0.717) is 0 Å². The first-order valence-electron chi connectivity index (χ1n) is 8.32. The second-order valence-corrected chi connectivity index (χ2v) is 6.22. The number of nitrogens with zero attached hydrogens (tertiary/aromatic N) is 2. The van der Waals surface area contributed by atoms with Crippen molar-refractivity contribution < 1.29 is 4.79 Å². The van der Waals surface area contributed by atoms with Crippen LogP contribution in [0.2, 0.25) is 0 Å². The summed E-state index contributed by atoms with van der Waals surface area (Å²) >= 11 is 0. The van der Waals surface area contributed by atoms with E-state index in [2.05, 4.69) is 23.0 Å². The minimum atomic E-state index is -0.534. The zero-order chi connectivity index (χ0) is 16.4. The van der Waals surface area contributed by atoms with Gasteiger partial charge >= 0.3 is 0 Å². The summed E-state index contributed by atoms with van der Waals surface area (Å²) in [6.45, 7) is 3.88. The van der Waals surface area contributed by atoms with Crippen molar-refractivity contribution in [1.82, 2.24) is 9.97 Å². The molecule has 0 bridgehead atoms. The van der Waals surface area contributed by atoms with Crippen LogP contribution in [0, 0.1) is 0 Å². The number of para-hydroxylation sites is 1. The molecule has 122 valence electrons. The SMILES string of the molecule is CCCc1cnc([C@@H]2CCc3ccccc3N2C(=O)[C@H](C)N)[nH]1.